The second-order valence-corrected chi connectivity index (χ2v) is 6.84. The molecular formula is C22H28N2O5. The maximum atomic E-state index is 12.6. The van der Waals surface area contributed by atoms with Crippen molar-refractivity contribution < 1.29 is 23.8 Å². The van der Waals surface area contributed by atoms with Crippen molar-refractivity contribution in [2.75, 3.05) is 32.7 Å². The Bertz CT molecular complexity index is 836. The summed E-state index contributed by atoms with van der Waals surface area (Å²) in [6.07, 6.45) is 0.934. The molecule has 0 aliphatic rings. The van der Waals surface area contributed by atoms with Crippen LogP contribution >= 0.6 is 0 Å². The fourth-order valence-electron chi connectivity index (χ4n) is 2.42. The molecule has 2 aromatic carbocycles. The Balaban J connectivity index is 2.04. The average Bonchev–Trinajstić information content (AvgIpc) is 2.72. The van der Waals surface area contributed by atoms with Crippen LogP contribution in [0.1, 0.15) is 30.6 Å². The highest BCUT2D eigenvalue weighted by molar-refractivity contribution is 6.04. The normalized spacial score (nSPS) is 10.4. The zero-order valence-electron chi connectivity index (χ0n) is 17.3. The van der Waals surface area contributed by atoms with Crippen molar-refractivity contribution in [3.63, 3.8) is 0 Å². The van der Waals surface area contributed by atoms with Gasteiger partial charge in [0.2, 0.25) is 0 Å². The third-order valence-corrected chi connectivity index (χ3v) is 4.12. The number of ether oxygens (including phenoxy) is 3. The lowest BCUT2D eigenvalue weighted by molar-refractivity contribution is -0.122. The molecule has 7 nitrogen and oxygen atoms in total. The predicted octanol–water partition coefficient (Wildman–Crippen LogP) is 3.50. The van der Waals surface area contributed by atoms with Gasteiger partial charge < -0.3 is 24.8 Å². The molecular weight excluding hydrogens is 372 g/mol. The van der Waals surface area contributed by atoms with Gasteiger partial charge in [0, 0.05) is 24.4 Å². The standard InChI is InChI=1S/C22H28N2O5/c1-15(2)10-11-28-19-9-8-16(12-20(19)27-4)22(26)24-17-6-5-7-18(13-17)29-14-21(25)23-3/h5-9,12-13,15H,10-11,14H2,1-4H3,(H,23,25)(H,24,26). The van der Waals surface area contributed by atoms with Crippen LogP contribution in [0.5, 0.6) is 17.2 Å². The lowest BCUT2D eigenvalue weighted by Crippen LogP contribution is -2.24. The second-order valence-electron chi connectivity index (χ2n) is 6.84. The number of methoxy groups -OCH3 is 1. The predicted molar refractivity (Wildman–Crippen MR) is 112 cm³/mol. The topological polar surface area (TPSA) is 85.9 Å². The van der Waals surface area contributed by atoms with Gasteiger partial charge in [-0.1, -0.05) is 19.9 Å². The number of carbonyl (C=O) groups excluding carboxylic acids is 2. The zero-order chi connectivity index (χ0) is 21.2. The molecule has 0 unspecified atom stereocenters. The minimum Gasteiger partial charge on any atom is -0.493 e. The summed E-state index contributed by atoms with van der Waals surface area (Å²) in [6.45, 7) is 4.75. The third-order valence-electron chi connectivity index (χ3n) is 4.12. The summed E-state index contributed by atoms with van der Waals surface area (Å²) in [4.78, 5) is 23.9. The summed E-state index contributed by atoms with van der Waals surface area (Å²) < 4.78 is 16.5. The Morgan fingerprint density at radius 3 is 2.52 bits per heavy atom. The number of hydrogen-bond acceptors (Lipinski definition) is 5. The summed E-state index contributed by atoms with van der Waals surface area (Å²) in [5.74, 6) is 1.61. The van der Waals surface area contributed by atoms with Crippen LogP contribution in [0.4, 0.5) is 5.69 Å². The molecule has 2 amide bonds. The van der Waals surface area contributed by atoms with Gasteiger partial charge in [0.25, 0.3) is 11.8 Å². The Kier molecular flexibility index (Phi) is 8.33. The van der Waals surface area contributed by atoms with Gasteiger partial charge in [-0.3, -0.25) is 9.59 Å². The van der Waals surface area contributed by atoms with E-state index < -0.39 is 0 Å². The molecule has 156 valence electrons. The van der Waals surface area contributed by atoms with Crippen molar-refractivity contribution in [1.29, 1.82) is 0 Å². The second kappa shape index (κ2) is 10.9. The van der Waals surface area contributed by atoms with Gasteiger partial charge in [-0.15, -0.1) is 0 Å². The van der Waals surface area contributed by atoms with Crippen molar-refractivity contribution >= 4 is 17.5 Å². The van der Waals surface area contributed by atoms with Crippen LogP contribution in [-0.4, -0.2) is 39.2 Å². The first-order valence-corrected chi connectivity index (χ1v) is 9.48. The molecule has 2 rings (SSSR count). The van der Waals surface area contributed by atoms with Crippen LogP contribution in [0, 0.1) is 5.92 Å². The first-order chi connectivity index (χ1) is 13.9. The number of hydrogen-bond donors (Lipinski definition) is 2. The molecule has 0 saturated carbocycles. The van der Waals surface area contributed by atoms with Crippen molar-refractivity contribution in [1.82, 2.24) is 5.32 Å². The summed E-state index contributed by atoms with van der Waals surface area (Å²) in [6, 6.07) is 11.9. The summed E-state index contributed by atoms with van der Waals surface area (Å²) in [7, 11) is 3.08. The van der Waals surface area contributed by atoms with E-state index in [0.29, 0.717) is 41.0 Å². The van der Waals surface area contributed by atoms with E-state index in [1.807, 2.05) is 0 Å². The van der Waals surface area contributed by atoms with Crippen LogP contribution in [0.2, 0.25) is 0 Å². The van der Waals surface area contributed by atoms with Gasteiger partial charge in [-0.2, -0.15) is 0 Å². The van der Waals surface area contributed by atoms with E-state index in [1.54, 1.807) is 49.6 Å². The van der Waals surface area contributed by atoms with Crippen LogP contribution in [-0.2, 0) is 4.79 Å². The van der Waals surface area contributed by atoms with E-state index in [2.05, 4.69) is 24.5 Å². The molecule has 0 aliphatic carbocycles. The highest BCUT2D eigenvalue weighted by Gasteiger charge is 2.12. The van der Waals surface area contributed by atoms with E-state index in [0.717, 1.165) is 6.42 Å². The molecule has 0 heterocycles. The van der Waals surface area contributed by atoms with Gasteiger partial charge >= 0.3 is 0 Å². The van der Waals surface area contributed by atoms with Gasteiger partial charge in [-0.05, 0) is 42.7 Å². The maximum Gasteiger partial charge on any atom is 0.257 e. The fraction of sp³-hybridized carbons (Fsp3) is 0.364. The molecule has 0 aliphatic heterocycles. The number of anilines is 1. The van der Waals surface area contributed by atoms with Crippen LogP contribution < -0.4 is 24.8 Å². The molecule has 0 fully saturated rings. The third kappa shape index (κ3) is 7.03. The van der Waals surface area contributed by atoms with E-state index in [1.165, 1.54) is 7.05 Å². The van der Waals surface area contributed by atoms with Crippen molar-refractivity contribution in [3.8, 4) is 17.2 Å². The minimum absolute atomic E-state index is 0.0939. The summed E-state index contributed by atoms with van der Waals surface area (Å²) in [5, 5.41) is 5.29. The Morgan fingerprint density at radius 1 is 1.03 bits per heavy atom. The number of likely N-dealkylation sites (N-methyl/N-ethyl adjacent to an activating group) is 1. The van der Waals surface area contributed by atoms with Gasteiger partial charge in [-0.25, -0.2) is 0 Å². The van der Waals surface area contributed by atoms with Gasteiger partial charge in [0.1, 0.15) is 5.75 Å². The molecule has 2 N–H and O–H groups in total. The first-order valence-electron chi connectivity index (χ1n) is 9.48. The van der Waals surface area contributed by atoms with Crippen LogP contribution in [0.3, 0.4) is 0 Å². The Morgan fingerprint density at radius 2 is 1.83 bits per heavy atom. The highest BCUT2D eigenvalue weighted by Crippen LogP contribution is 2.29. The Labute approximate surface area is 171 Å². The largest absolute Gasteiger partial charge is 0.493 e. The minimum atomic E-state index is -0.291. The monoisotopic (exact) mass is 400 g/mol. The molecule has 0 atom stereocenters. The zero-order valence-corrected chi connectivity index (χ0v) is 17.3. The SMILES string of the molecule is CNC(=O)COc1cccc(NC(=O)c2ccc(OCCC(C)C)c(OC)c2)c1. The number of amides is 2. The molecule has 0 bridgehead atoms. The van der Waals surface area contributed by atoms with E-state index in [-0.39, 0.29) is 18.4 Å². The van der Waals surface area contributed by atoms with E-state index in [9.17, 15) is 9.59 Å². The van der Waals surface area contributed by atoms with Crippen molar-refractivity contribution in [3.05, 3.63) is 48.0 Å². The highest BCUT2D eigenvalue weighted by atomic mass is 16.5. The average molecular weight is 400 g/mol. The number of rotatable bonds is 10. The summed E-state index contributed by atoms with van der Waals surface area (Å²) in [5.41, 5.74) is 0.996. The molecule has 0 radical (unpaired) electrons. The smallest absolute Gasteiger partial charge is 0.257 e. The Hall–Kier alpha value is -3.22. The fourth-order valence-corrected chi connectivity index (χ4v) is 2.42. The van der Waals surface area contributed by atoms with Crippen LogP contribution in [0.25, 0.3) is 0 Å². The number of carbonyl (C=O) groups is 2. The molecule has 0 spiro atoms. The number of nitrogens with one attached hydrogen (secondary N) is 2. The lowest BCUT2D eigenvalue weighted by atomic mass is 10.1. The maximum absolute atomic E-state index is 12.6. The number of benzene rings is 2. The molecule has 0 saturated heterocycles. The van der Waals surface area contributed by atoms with Crippen molar-refractivity contribution in [2.24, 2.45) is 5.92 Å². The van der Waals surface area contributed by atoms with Crippen molar-refractivity contribution in [2.45, 2.75) is 20.3 Å². The van der Waals surface area contributed by atoms with Gasteiger partial charge in [0.05, 0.1) is 13.7 Å². The van der Waals surface area contributed by atoms with E-state index >= 15 is 0 Å². The quantitative estimate of drug-likeness (QED) is 0.638. The lowest BCUT2D eigenvalue weighted by Gasteiger charge is -2.13. The summed E-state index contributed by atoms with van der Waals surface area (Å²) >= 11 is 0. The first kappa shape index (κ1) is 22.1. The molecule has 2 aromatic rings. The molecule has 29 heavy (non-hydrogen) atoms. The molecule has 7 heteroatoms. The van der Waals surface area contributed by atoms with E-state index in [4.69, 9.17) is 14.2 Å². The van der Waals surface area contributed by atoms with Gasteiger partial charge in [0.15, 0.2) is 18.1 Å². The molecule has 0 aromatic heterocycles. The van der Waals surface area contributed by atoms with Crippen LogP contribution in [0.15, 0.2) is 42.5 Å².